The van der Waals surface area contributed by atoms with E-state index >= 15 is 0 Å². The minimum absolute atomic E-state index is 0.127. The molecule has 1 aromatic rings. The third-order valence-corrected chi connectivity index (χ3v) is 3.08. The van der Waals surface area contributed by atoms with Crippen LogP contribution in [0.5, 0.6) is 0 Å². The van der Waals surface area contributed by atoms with Gasteiger partial charge >= 0.3 is 0 Å². The van der Waals surface area contributed by atoms with Gasteiger partial charge in [-0.15, -0.1) is 0 Å². The van der Waals surface area contributed by atoms with Gasteiger partial charge in [-0.25, -0.2) is 4.39 Å². The van der Waals surface area contributed by atoms with Crippen LogP contribution in [-0.4, -0.2) is 17.3 Å². The minimum Gasteiger partial charge on any atom is -0.304 e. The summed E-state index contributed by atoms with van der Waals surface area (Å²) in [7, 11) is 0. The number of nitrogens with one attached hydrogen (secondary N) is 1. The van der Waals surface area contributed by atoms with Gasteiger partial charge in [-0.05, 0) is 51.3 Å². The van der Waals surface area contributed by atoms with Gasteiger partial charge < -0.3 is 5.32 Å². The second-order valence-corrected chi connectivity index (χ2v) is 5.92. The third-order valence-electron chi connectivity index (χ3n) is 3.08. The van der Waals surface area contributed by atoms with Crippen molar-refractivity contribution in [1.29, 1.82) is 0 Å². The summed E-state index contributed by atoms with van der Waals surface area (Å²) in [5, 5.41) is 3.56. The quantitative estimate of drug-likeness (QED) is 0.872. The van der Waals surface area contributed by atoms with E-state index in [1.54, 1.807) is 12.1 Å². The number of halogens is 1. The Kier molecular flexibility index (Phi) is 3.81. The van der Waals surface area contributed by atoms with Crippen LogP contribution >= 0.6 is 0 Å². The first-order valence-electron chi connectivity index (χ1n) is 6.49. The summed E-state index contributed by atoms with van der Waals surface area (Å²) < 4.78 is 12.8. The van der Waals surface area contributed by atoms with E-state index in [2.05, 4.69) is 31.1 Å². The number of rotatable bonds is 3. The van der Waals surface area contributed by atoms with Gasteiger partial charge in [-0.2, -0.15) is 0 Å². The van der Waals surface area contributed by atoms with Gasteiger partial charge in [-0.3, -0.25) is 4.99 Å². The Balaban J connectivity index is 1.92. The van der Waals surface area contributed by atoms with Crippen LogP contribution in [0.2, 0.25) is 0 Å². The molecule has 1 fully saturated rings. The fraction of sp³-hybridized carbons (Fsp3) is 0.533. The van der Waals surface area contributed by atoms with Crippen LogP contribution in [0.25, 0.3) is 0 Å². The lowest BCUT2D eigenvalue weighted by Crippen LogP contribution is -2.52. The molecule has 18 heavy (non-hydrogen) atoms. The van der Waals surface area contributed by atoms with Crippen molar-refractivity contribution in [2.75, 3.05) is 0 Å². The van der Waals surface area contributed by atoms with E-state index in [0.717, 1.165) is 12.0 Å². The van der Waals surface area contributed by atoms with Gasteiger partial charge in [0, 0.05) is 17.3 Å². The number of aliphatic imine (C=N–C) groups is 1. The van der Waals surface area contributed by atoms with Crippen molar-refractivity contribution in [3.8, 4) is 0 Å². The van der Waals surface area contributed by atoms with Gasteiger partial charge in [0.25, 0.3) is 0 Å². The molecule has 3 heteroatoms. The molecule has 1 aliphatic carbocycles. The number of hydrogen-bond donors (Lipinski definition) is 1. The van der Waals surface area contributed by atoms with E-state index in [4.69, 9.17) is 0 Å². The molecule has 0 saturated heterocycles. The molecule has 0 aromatic heterocycles. The van der Waals surface area contributed by atoms with Gasteiger partial charge in [0.2, 0.25) is 0 Å². The Morgan fingerprint density at radius 1 is 1.28 bits per heavy atom. The van der Waals surface area contributed by atoms with Crippen molar-refractivity contribution < 1.29 is 4.39 Å². The Labute approximate surface area is 108 Å². The molecule has 1 aliphatic rings. The van der Waals surface area contributed by atoms with E-state index in [-0.39, 0.29) is 11.4 Å². The zero-order valence-corrected chi connectivity index (χ0v) is 11.3. The fourth-order valence-corrected chi connectivity index (χ4v) is 2.07. The van der Waals surface area contributed by atoms with Crippen LogP contribution in [-0.2, 0) is 6.54 Å². The predicted octanol–water partition coefficient (Wildman–Crippen LogP) is 3.32. The summed E-state index contributed by atoms with van der Waals surface area (Å²) in [6, 6.07) is 6.99. The first-order valence-corrected chi connectivity index (χ1v) is 6.49. The largest absolute Gasteiger partial charge is 0.304 e. The van der Waals surface area contributed by atoms with E-state index in [1.807, 2.05) is 0 Å². The molecule has 1 aromatic carbocycles. The first-order chi connectivity index (χ1) is 8.44. The third kappa shape index (κ3) is 3.64. The molecule has 2 rings (SSSR count). The highest BCUT2D eigenvalue weighted by Crippen LogP contribution is 2.20. The van der Waals surface area contributed by atoms with Crippen LogP contribution in [0.4, 0.5) is 4.39 Å². The molecule has 1 atom stereocenters. The highest BCUT2D eigenvalue weighted by Gasteiger charge is 2.28. The molecule has 0 bridgehead atoms. The van der Waals surface area contributed by atoms with Crippen LogP contribution in [0.1, 0.15) is 39.2 Å². The van der Waals surface area contributed by atoms with E-state index in [1.165, 1.54) is 24.3 Å². The Hall–Kier alpha value is -1.22. The van der Waals surface area contributed by atoms with Crippen LogP contribution < -0.4 is 5.32 Å². The molecule has 1 saturated carbocycles. The monoisotopic (exact) mass is 248 g/mol. The van der Waals surface area contributed by atoms with E-state index < -0.39 is 0 Å². The highest BCUT2D eigenvalue weighted by molar-refractivity contribution is 5.94. The maximum atomic E-state index is 12.8. The van der Waals surface area contributed by atoms with Gasteiger partial charge in [-0.1, -0.05) is 12.1 Å². The van der Waals surface area contributed by atoms with Crippen LogP contribution in [0.3, 0.4) is 0 Å². The highest BCUT2D eigenvalue weighted by atomic mass is 19.1. The van der Waals surface area contributed by atoms with Crippen molar-refractivity contribution in [3.05, 3.63) is 35.6 Å². The summed E-state index contributed by atoms with van der Waals surface area (Å²) >= 11 is 0. The molecule has 1 unspecified atom stereocenters. The average Bonchev–Trinajstić information content (AvgIpc) is 2.26. The van der Waals surface area contributed by atoms with Crippen LogP contribution in [0.15, 0.2) is 29.3 Å². The molecule has 0 heterocycles. The number of nitrogens with zero attached hydrogens (tertiary/aromatic N) is 1. The Morgan fingerprint density at radius 2 is 1.94 bits per heavy atom. The van der Waals surface area contributed by atoms with Gasteiger partial charge in [0.15, 0.2) is 0 Å². The standard InChI is InChI=1S/C15H21FN2/c1-15(2,3)18-14-9-8-13(14)17-10-11-4-6-12(16)7-5-11/h4-7,14,18H,8-10H2,1-3H3. The summed E-state index contributed by atoms with van der Waals surface area (Å²) in [5.74, 6) is -0.192. The lowest BCUT2D eigenvalue weighted by Gasteiger charge is -2.35. The van der Waals surface area contributed by atoms with Crippen LogP contribution in [0, 0.1) is 5.82 Å². The molecular formula is C15H21FN2. The smallest absolute Gasteiger partial charge is 0.123 e. The lowest BCUT2D eigenvalue weighted by atomic mass is 9.87. The summed E-state index contributed by atoms with van der Waals surface area (Å²) in [5.41, 5.74) is 2.43. The Bertz CT molecular complexity index is 429. The number of benzene rings is 1. The summed E-state index contributed by atoms with van der Waals surface area (Å²) in [6.45, 7) is 7.16. The molecule has 1 N–H and O–H groups in total. The molecule has 2 nitrogen and oxygen atoms in total. The predicted molar refractivity (Wildman–Crippen MR) is 73.4 cm³/mol. The van der Waals surface area contributed by atoms with Gasteiger partial charge in [0.1, 0.15) is 5.82 Å². The summed E-state index contributed by atoms with van der Waals surface area (Å²) in [4.78, 5) is 4.63. The normalized spacial score (nSPS) is 22.0. The average molecular weight is 248 g/mol. The molecule has 0 radical (unpaired) electrons. The van der Waals surface area contributed by atoms with E-state index in [0.29, 0.717) is 12.6 Å². The van der Waals surface area contributed by atoms with Crippen molar-refractivity contribution in [2.24, 2.45) is 4.99 Å². The van der Waals surface area contributed by atoms with E-state index in [9.17, 15) is 4.39 Å². The zero-order chi connectivity index (χ0) is 13.2. The molecule has 98 valence electrons. The SMILES string of the molecule is CC(C)(C)NC1CCC1=NCc1ccc(F)cc1. The van der Waals surface area contributed by atoms with Crippen molar-refractivity contribution in [2.45, 2.75) is 51.7 Å². The fourth-order valence-electron chi connectivity index (χ4n) is 2.07. The van der Waals surface area contributed by atoms with Crippen molar-refractivity contribution >= 4 is 5.71 Å². The lowest BCUT2D eigenvalue weighted by molar-refractivity contribution is 0.370. The Morgan fingerprint density at radius 3 is 2.44 bits per heavy atom. The maximum absolute atomic E-state index is 12.8. The van der Waals surface area contributed by atoms with Crippen molar-refractivity contribution in [1.82, 2.24) is 5.32 Å². The maximum Gasteiger partial charge on any atom is 0.123 e. The minimum atomic E-state index is -0.192. The summed E-state index contributed by atoms with van der Waals surface area (Å²) in [6.07, 6.45) is 2.24. The number of hydrogen-bond acceptors (Lipinski definition) is 2. The molecule has 0 amide bonds. The zero-order valence-electron chi connectivity index (χ0n) is 11.3. The molecular weight excluding hydrogens is 227 g/mol. The molecule has 0 spiro atoms. The first kappa shape index (κ1) is 13.2. The second-order valence-electron chi connectivity index (χ2n) is 5.92. The van der Waals surface area contributed by atoms with Gasteiger partial charge in [0.05, 0.1) is 6.54 Å². The second kappa shape index (κ2) is 5.19. The van der Waals surface area contributed by atoms with Crippen molar-refractivity contribution in [3.63, 3.8) is 0 Å². The molecule has 0 aliphatic heterocycles. The topological polar surface area (TPSA) is 24.4 Å².